The highest BCUT2D eigenvalue weighted by Gasteiger charge is 2.11. The summed E-state index contributed by atoms with van der Waals surface area (Å²) < 4.78 is 6.28. The Morgan fingerprint density at radius 3 is 2.70 bits per heavy atom. The smallest absolute Gasteiger partial charge is 0.148 e. The molecular formula is C13H16BrN5O. The lowest BCUT2D eigenvalue weighted by atomic mass is 10.2. The molecule has 2 rings (SSSR count). The summed E-state index contributed by atoms with van der Waals surface area (Å²) in [5.74, 6) is 7.51. The zero-order valence-electron chi connectivity index (χ0n) is 11.3. The first kappa shape index (κ1) is 14.5. The molecule has 20 heavy (non-hydrogen) atoms. The minimum absolute atomic E-state index is 0.610. The number of nitrogens with zero attached hydrogens (tertiary/aromatic N) is 2. The average molecular weight is 338 g/mol. The van der Waals surface area contributed by atoms with Gasteiger partial charge in [-0.3, -0.25) is 0 Å². The molecule has 7 heteroatoms. The SMILES string of the molecule is CCc1c(NN)ncnc1Nc1cc(Br)ccc1OC. The number of halogens is 1. The van der Waals surface area contributed by atoms with E-state index in [1.165, 1.54) is 6.33 Å². The van der Waals surface area contributed by atoms with Crippen molar-refractivity contribution in [3.8, 4) is 5.75 Å². The number of hydrogen-bond donors (Lipinski definition) is 3. The summed E-state index contributed by atoms with van der Waals surface area (Å²) in [6, 6.07) is 5.72. The van der Waals surface area contributed by atoms with Crippen LogP contribution in [0.25, 0.3) is 0 Å². The number of nitrogens with one attached hydrogen (secondary N) is 2. The van der Waals surface area contributed by atoms with E-state index in [1.807, 2.05) is 25.1 Å². The Bertz CT molecular complexity index is 605. The Morgan fingerprint density at radius 2 is 2.05 bits per heavy atom. The zero-order chi connectivity index (χ0) is 14.5. The lowest BCUT2D eigenvalue weighted by Crippen LogP contribution is -2.13. The van der Waals surface area contributed by atoms with Crippen LogP contribution < -0.4 is 21.3 Å². The van der Waals surface area contributed by atoms with Crippen LogP contribution in [0.1, 0.15) is 12.5 Å². The Hall–Kier alpha value is -1.86. The van der Waals surface area contributed by atoms with E-state index in [0.717, 1.165) is 27.9 Å². The molecule has 0 amide bonds. The third kappa shape index (κ3) is 3.00. The molecule has 0 spiro atoms. The number of hydrogen-bond acceptors (Lipinski definition) is 6. The molecule has 0 unspecified atom stereocenters. The van der Waals surface area contributed by atoms with Crippen molar-refractivity contribution >= 4 is 33.3 Å². The van der Waals surface area contributed by atoms with Crippen LogP contribution in [0.4, 0.5) is 17.3 Å². The number of methoxy groups -OCH3 is 1. The first-order valence-corrected chi connectivity index (χ1v) is 6.90. The summed E-state index contributed by atoms with van der Waals surface area (Å²) in [4.78, 5) is 8.37. The molecule has 0 aliphatic rings. The third-order valence-corrected chi connectivity index (χ3v) is 3.34. The Labute approximate surface area is 125 Å². The number of nitrogens with two attached hydrogens (primary N) is 1. The normalized spacial score (nSPS) is 10.2. The molecule has 106 valence electrons. The fraction of sp³-hybridized carbons (Fsp3) is 0.231. The van der Waals surface area contributed by atoms with Crippen LogP contribution in [0.5, 0.6) is 5.75 Å². The highest BCUT2D eigenvalue weighted by Crippen LogP contribution is 2.32. The van der Waals surface area contributed by atoms with Crippen LogP contribution in [0, 0.1) is 0 Å². The second kappa shape index (κ2) is 6.53. The highest BCUT2D eigenvalue weighted by atomic mass is 79.9. The first-order chi connectivity index (χ1) is 9.69. The van der Waals surface area contributed by atoms with Crippen LogP contribution in [0.2, 0.25) is 0 Å². The maximum absolute atomic E-state index is 5.47. The Kier molecular flexibility index (Phi) is 4.75. The maximum Gasteiger partial charge on any atom is 0.148 e. The van der Waals surface area contributed by atoms with Gasteiger partial charge in [0.15, 0.2) is 0 Å². The van der Waals surface area contributed by atoms with Crippen molar-refractivity contribution in [1.82, 2.24) is 9.97 Å². The summed E-state index contributed by atoms with van der Waals surface area (Å²) in [5.41, 5.74) is 4.31. The first-order valence-electron chi connectivity index (χ1n) is 6.10. The second-order valence-electron chi connectivity index (χ2n) is 4.02. The number of ether oxygens (including phenoxy) is 1. The van der Waals surface area contributed by atoms with Gasteiger partial charge in [0, 0.05) is 10.0 Å². The van der Waals surface area contributed by atoms with E-state index in [4.69, 9.17) is 10.6 Å². The van der Waals surface area contributed by atoms with Crippen LogP contribution in [-0.4, -0.2) is 17.1 Å². The number of rotatable bonds is 5. The minimum atomic E-state index is 0.610. The fourth-order valence-electron chi connectivity index (χ4n) is 1.88. The molecule has 0 aliphatic carbocycles. The number of nitrogen functional groups attached to an aromatic ring is 1. The molecule has 1 aromatic heterocycles. The monoisotopic (exact) mass is 337 g/mol. The van der Waals surface area contributed by atoms with E-state index in [0.29, 0.717) is 11.6 Å². The van der Waals surface area contributed by atoms with Gasteiger partial charge in [-0.05, 0) is 24.6 Å². The van der Waals surface area contributed by atoms with Gasteiger partial charge < -0.3 is 15.5 Å². The van der Waals surface area contributed by atoms with Crippen LogP contribution >= 0.6 is 15.9 Å². The molecule has 1 heterocycles. The van der Waals surface area contributed by atoms with Crippen LogP contribution in [0.15, 0.2) is 29.0 Å². The summed E-state index contributed by atoms with van der Waals surface area (Å²) >= 11 is 3.44. The summed E-state index contributed by atoms with van der Waals surface area (Å²) in [6.45, 7) is 2.02. The third-order valence-electron chi connectivity index (χ3n) is 2.85. The molecule has 0 radical (unpaired) electrons. The van der Waals surface area contributed by atoms with E-state index in [9.17, 15) is 0 Å². The molecule has 0 fully saturated rings. The fourth-order valence-corrected chi connectivity index (χ4v) is 2.25. The van der Waals surface area contributed by atoms with Crippen molar-refractivity contribution in [2.75, 3.05) is 17.9 Å². The van der Waals surface area contributed by atoms with Crippen molar-refractivity contribution in [1.29, 1.82) is 0 Å². The van der Waals surface area contributed by atoms with Crippen molar-refractivity contribution in [2.45, 2.75) is 13.3 Å². The van der Waals surface area contributed by atoms with E-state index in [1.54, 1.807) is 7.11 Å². The summed E-state index contributed by atoms with van der Waals surface area (Å²) in [6.07, 6.45) is 2.21. The topological polar surface area (TPSA) is 85.1 Å². The van der Waals surface area contributed by atoms with Gasteiger partial charge in [-0.2, -0.15) is 0 Å². The number of hydrazine groups is 1. The maximum atomic E-state index is 5.47. The lowest BCUT2D eigenvalue weighted by molar-refractivity contribution is 0.416. The van der Waals surface area contributed by atoms with Gasteiger partial charge in [0.25, 0.3) is 0 Å². The highest BCUT2D eigenvalue weighted by molar-refractivity contribution is 9.10. The predicted octanol–water partition coefficient (Wildman–Crippen LogP) is 2.84. The largest absolute Gasteiger partial charge is 0.495 e. The predicted molar refractivity (Wildman–Crippen MR) is 83.2 cm³/mol. The molecule has 0 bridgehead atoms. The molecule has 0 atom stereocenters. The molecule has 0 saturated heterocycles. The van der Waals surface area contributed by atoms with E-state index in [-0.39, 0.29) is 0 Å². The van der Waals surface area contributed by atoms with Gasteiger partial charge in [-0.1, -0.05) is 22.9 Å². The van der Waals surface area contributed by atoms with Crippen molar-refractivity contribution in [3.63, 3.8) is 0 Å². The number of benzene rings is 1. The standard InChI is InChI=1S/C13H16BrN5O/c1-3-9-12(16-7-17-13(9)19-15)18-10-6-8(14)4-5-11(10)20-2/h4-7H,3,15H2,1-2H3,(H2,16,17,18,19). The summed E-state index contributed by atoms with van der Waals surface area (Å²) in [7, 11) is 1.63. The molecule has 6 nitrogen and oxygen atoms in total. The van der Waals surface area contributed by atoms with E-state index < -0.39 is 0 Å². The lowest BCUT2D eigenvalue weighted by Gasteiger charge is -2.15. The van der Waals surface area contributed by atoms with Crippen molar-refractivity contribution in [2.24, 2.45) is 5.84 Å². The van der Waals surface area contributed by atoms with Crippen molar-refractivity contribution in [3.05, 3.63) is 34.6 Å². The second-order valence-corrected chi connectivity index (χ2v) is 4.93. The van der Waals surface area contributed by atoms with Gasteiger partial charge in [-0.25, -0.2) is 15.8 Å². The molecular weight excluding hydrogens is 322 g/mol. The van der Waals surface area contributed by atoms with Crippen molar-refractivity contribution < 1.29 is 4.74 Å². The zero-order valence-corrected chi connectivity index (χ0v) is 12.9. The molecule has 0 saturated carbocycles. The van der Waals surface area contributed by atoms with E-state index in [2.05, 4.69) is 36.6 Å². The Morgan fingerprint density at radius 1 is 1.30 bits per heavy atom. The number of anilines is 3. The minimum Gasteiger partial charge on any atom is -0.495 e. The molecule has 4 N–H and O–H groups in total. The van der Waals surface area contributed by atoms with Gasteiger partial charge >= 0.3 is 0 Å². The van der Waals surface area contributed by atoms with Crippen LogP contribution in [-0.2, 0) is 6.42 Å². The number of aromatic nitrogens is 2. The van der Waals surface area contributed by atoms with E-state index >= 15 is 0 Å². The molecule has 2 aromatic rings. The molecule has 1 aromatic carbocycles. The quantitative estimate of drug-likeness (QED) is 0.574. The Balaban J connectivity index is 2.42. The summed E-state index contributed by atoms with van der Waals surface area (Å²) in [5, 5.41) is 3.26. The van der Waals surface area contributed by atoms with Gasteiger partial charge in [0.1, 0.15) is 23.7 Å². The van der Waals surface area contributed by atoms with Gasteiger partial charge in [-0.15, -0.1) is 0 Å². The van der Waals surface area contributed by atoms with Gasteiger partial charge in [0.2, 0.25) is 0 Å². The average Bonchev–Trinajstić information content (AvgIpc) is 2.47. The van der Waals surface area contributed by atoms with Gasteiger partial charge in [0.05, 0.1) is 12.8 Å². The van der Waals surface area contributed by atoms with Crippen LogP contribution in [0.3, 0.4) is 0 Å². The molecule has 0 aliphatic heterocycles.